The Morgan fingerprint density at radius 1 is 0.905 bits per heavy atom. The van der Waals surface area contributed by atoms with E-state index in [4.69, 9.17) is 0 Å². The molecule has 0 aliphatic carbocycles. The van der Waals surface area contributed by atoms with E-state index in [0.29, 0.717) is 0 Å². The first-order chi connectivity index (χ1) is 9.80. The van der Waals surface area contributed by atoms with E-state index in [1.165, 1.54) is 13.9 Å². The summed E-state index contributed by atoms with van der Waals surface area (Å²) in [5.74, 6) is -0.307. The molecule has 0 spiro atoms. The summed E-state index contributed by atoms with van der Waals surface area (Å²) in [7, 11) is -1.89. The highest BCUT2D eigenvalue weighted by Crippen LogP contribution is 2.62. The fourth-order valence-corrected chi connectivity index (χ4v) is 12.8. The largest absolute Gasteiger partial charge is 1.00 e. The van der Waals surface area contributed by atoms with Gasteiger partial charge in [0.1, 0.15) is 0 Å². The molecule has 0 fully saturated rings. The second-order valence-corrected chi connectivity index (χ2v) is 11.7. The molecule has 0 aromatic carbocycles. The van der Waals surface area contributed by atoms with Gasteiger partial charge in [0.2, 0.25) is 0 Å². The van der Waals surface area contributed by atoms with Crippen LogP contribution in [-0.4, -0.2) is 11.0 Å². The maximum atomic E-state index is 11.0. The van der Waals surface area contributed by atoms with Crippen molar-refractivity contribution in [2.75, 3.05) is 0 Å². The smallest absolute Gasteiger partial charge is 0.180 e. The number of thiophene rings is 3. The highest BCUT2D eigenvalue weighted by atomic mass is 79.9. The molecule has 0 saturated carbocycles. The van der Waals surface area contributed by atoms with Crippen molar-refractivity contribution in [3.05, 3.63) is 52.5 Å². The normalized spacial score (nSPS) is 12.9. The van der Waals surface area contributed by atoms with Gasteiger partial charge in [-0.25, -0.2) is 0 Å². The molecule has 1 nitrogen and oxygen atoms in total. The number of hydrogen-bond donors (Lipinski definition) is 1. The molecule has 3 heterocycles. The lowest BCUT2D eigenvalue weighted by molar-refractivity contribution is -0.00000490. The Morgan fingerprint density at radius 2 is 1.29 bits per heavy atom. The Kier molecular flexibility index (Phi) is 6.18. The van der Waals surface area contributed by atoms with Gasteiger partial charge in [-0.1, -0.05) is 6.92 Å². The van der Waals surface area contributed by atoms with Crippen molar-refractivity contribution in [3.63, 3.8) is 0 Å². The van der Waals surface area contributed by atoms with E-state index in [2.05, 4.69) is 59.5 Å². The first-order valence-corrected chi connectivity index (χ1v) is 11.0. The van der Waals surface area contributed by atoms with Crippen molar-refractivity contribution in [1.29, 1.82) is 0 Å². The van der Waals surface area contributed by atoms with Gasteiger partial charge in [0, 0.05) is 6.42 Å². The van der Waals surface area contributed by atoms with Crippen molar-refractivity contribution in [3.8, 4) is 0 Å². The van der Waals surface area contributed by atoms with E-state index in [1.807, 2.05) is 0 Å². The molecular formula is C15H16BrOPS3. The standard InChI is InChI=1S/C15H16OPS3.BrH/c1-2-12(16)17(13-6-3-9-18-13,14-7-4-10-19-14)15-8-5-11-20-15;/h3-12,16H,2H2,1H3;1H/q+1;/p-1. The minimum atomic E-state index is -1.89. The maximum Gasteiger partial charge on any atom is 0.180 e. The maximum absolute atomic E-state index is 11.0. The van der Waals surface area contributed by atoms with Gasteiger partial charge in [0.25, 0.3) is 0 Å². The molecule has 3 rings (SSSR count). The molecule has 3 aromatic rings. The molecule has 0 amide bonds. The summed E-state index contributed by atoms with van der Waals surface area (Å²) in [5, 5.41) is 17.3. The Hall–Kier alpha value is -0.0300. The molecular weight excluding hydrogens is 403 g/mol. The van der Waals surface area contributed by atoms with Gasteiger partial charge in [-0.05, 0) is 52.5 Å². The van der Waals surface area contributed by atoms with Crippen molar-refractivity contribution < 1.29 is 22.1 Å². The third-order valence-electron chi connectivity index (χ3n) is 3.37. The average Bonchev–Trinajstić information content (AvgIpc) is 3.23. The van der Waals surface area contributed by atoms with Gasteiger partial charge in [0.05, 0.1) is 0 Å². The zero-order valence-corrected chi connectivity index (χ0v) is 16.4. The van der Waals surface area contributed by atoms with E-state index in [1.54, 1.807) is 34.0 Å². The van der Waals surface area contributed by atoms with E-state index in [9.17, 15) is 5.11 Å². The van der Waals surface area contributed by atoms with Gasteiger partial charge >= 0.3 is 0 Å². The highest BCUT2D eigenvalue weighted by molar-refractivity contribution is 8.04. The van der Waals surface area contributed by atoms with Gasteiger partial charge in [-0.15, -0.1) is 34.0 Å². The number of hydrogen-bond acceptors (Lipinski definition) is 4. The Bertz CT molecular complexity index is 550. The second-order valence-electron chi connectivity index (χ2n) is 4.47. The third kappa shape index (κ3) is 2.92. The topological polar surface area (TPSA) is 20.2 Å². The van der Waals surface area contributed by atoms with E-state index < -0.39 is 7.26 Å². The predicted octanol–water partition coefficient (Wildman–Crippen LogP) is 0.897. The van der Waals surface area contributed by atoms with Crippen LogP contribution in [0.15, 0.2) is 52.5 Å². The van der Waals surface area contributed by atoms with E-state index in [0.717, 1.165) is 6.42 Å². The molecule has 21 heavy (non-hydrogen) atoms. The molecule has 0 aliphatic heterocycles. The number of aliphatic hydroxyl groups is 1. The lowest BCUT2D eigenvalue weighted by Gasteiger charge is -2.26. The quantitative estimate of drug-likeness (QED) is 0.610. The molecule has 3 aromatic heterocycles. The Morgan fingerprint density at radius 3 is 1.52 bits per heavy atom. The molecule has 6 heteroatoms. The molecule has 1 unspecified atom stereocenters. The van der Waals surface area contributed by atoms with Crippen LogP contribution >= 0.6 is 41.3 Å². The SMILES string of the molecule is CCC(O)[P+](c1cccs1)(c1cccs1)c1cccs1.[Br-]. The van der Waals surface area contributed by atoms with Crippen LogP contribution in [0.1, 0.15) is 13.3 Å². The van der Waals surface area contributed by atoms with Crippen molar-refractivity contribution >= 4 is 55.1 Å². The minimum Gasteiger partial charge on any atom is -1.00 e. The van der Waals surface area contributed by atoms with Crippen LogP contribution in [0.2, 0.25) is 0 Å². The lowest BCUT2D eigenvalue weighted by atomic mass is 10.5. The van der Waals surface area contributed by atoms with Crippen LogP contribution in [0.25, 0.3) is 0 Å². The summed E-state index contributed by atoms with van der Waals surface area (Å²) in [4.78, 5) is 0. The Balaban J connectivity index is 0.00000161. The first-order valence-electron chi connectivity index (χ1n) is 6.49. The van der Waals surface area contributed by atoms with Crippen LogP contribution in [0.3, 0.4) is 0 Å². The Labute approximate surface area is 148 Å². The minimum absolute atomic E-state index is 0. The molecule has 1 atom stereocenters. The zero-order valence-electron chi connectivity index (χ0n) is 11.5. The molecule has 0 saturated heterocycles. The molecule has 0 aliphatic rings. The van der Waals surface area contributed by atoms with Crippen molar-refractivity contribution in [1.82, 2.24) is 0 Å². The summed E-state index contributed by atoms with van der Waals surface area (Å²) in [6.45, 7) is 2.08. The van der Waals surface area contributed by atoms with Crippen LogP contribution < -0.4 is 30.8 Å². The van der Waals surface area contributed by atoms with Gasteiger partial charge < -0.3 is 22.1 Å². The molecule has 1 N–H and O–H groups in total. The van der Waals surface area contributed by atoms with E-state index >= 15 is 0 Å². The lowest BCUT2D eigenvalue weighted by Crippen LogP contribution is -3.00. The number of rotatable bonds is 5. The fourth-order valence-electron chi connectivity index (χ4n) is 2.45. The average molecular weight is 419 g/mol. The summed E-state index contributed by atoms with van der Waals surface area (Å²) in [6, 6.07) is 12.9. The zero-order chi connectivity index (χ0) is 14.0. The monoisotopic (exact) mass is 418 g/mol. The van der Waals surface area contributed by atoms with E-state index in [-0.39, 0.29) is 22.8 Å². The van der Waals surface area contributed by atoms with Crippen LogP contribution in [-0.2, 0) is 0 Å². The summed E-state index contributed by atoms with van der Waals surface area (Å²) in [5.41, 5.74) is 0. The summed E-state index contributed by atoms with van der Waals surface area (Å²) in [6.07, 6.45) is 0.779. The van der Waals surface area contributed by atoms with Gasteiger partial charge in [-0.3, -0.25) is 0 Å². The van der Waals surface area contributed by atoms with Crippen molar-refractivity contribution in [2.45, 2.75) is 19.2 Å². The van der Waals surface area contributed by atoms with Crippen LogP contribution in [0, 0.1) is 0 Å². The van der Waals surface area contributed by atoms with Crippen LogP contribution in [0.5, 0.6) is 0 Å². The predicted molar refractivity (Wildman–Crippen MR) is 95.1 cm³/mol. The molecule has 0 bridgehead atoms. The number of aliphatic hydroxyl groups excluding tert-OH is 1. The van der Waals surface area contributed by atoms with Gasteiger partial charge in [0.15, 0.2) is 27.0 Å². The van der Waals surface area contributed by atoms with Crippen molar-refractivity contribution in [2.24, 2.45) is 0 Å². The second kappa shape index (κ2) is 7.49. The summed E-state index contributed by atoms with van der Waals surface area (Å²) >= 11 is 5.32. The van der Waals surface area contributed by atoms with Gasteiger partial charge in [-0.2, -0.15) is 0 Å². The fraction of sp³-hybridized carbons (Fsp3) is 0.200. The molecule has 112 valence electrons. The third-order valence-corrected chi connectivity index (χ3v) is 12.7. The van der Waals surface area contributed by atoms with Crippen LogP contribution in [0.4, 0.5) is 0 Å². The highest BCUT2D eigenvalue weighted by Gasteiger charge is 2.54. The summed E-state index contributed by atoms with van der Waals surface area (Å²) < 4.78 is 3.99. The number of halogens is 1. The first kappa shape index (κ1) is 17.3. The molecule has 0 radical (unpaired) electrons.